The van der Waals surface area contributed by atoms with E-state index in [2.05, 4.69) is 0 Å². The Labute approximate surface area is 145 Å². The third-order valence-electron chi connectivity index (χ3n) is 3.75. The number of hydrogen-bond acceptors (Lipinski definition) is 4. The largest absolute Gasteiger partial charge is 0.445 e. The molecule has 0 aliphatic carbocycles. The van der Waals surface area contributed by atoms with Gasteiger partial charge in [-0.1, -0.05) is 66.7 Å². The number of ether oxygens (including phenoxy) is 1. The van der Waals surface area contributed by atoms with Crippen LogP contribution < -0.4 is 5.73 Å². The van der Waals surface area contributed by atoms with Crippen LogP contribution in [0.2, 0.25) is 0 Å². The van der Waals surface area contributed by atoms with Gasteiger partial charge in [0.25, 0.3) is 0 Å². The molecular formula is C21H17NO3. The molecule has 0 aromatic heterocycles. The second kappa shape index (κ2) is 7.45. The fraction of sp³-hybridized carbons (Fsp3) is 0.0476. The highest BCUT2D eigenvalue weighted by Crippen LogP contribution is 2.24. The lowest BCUT2D eigenvalue weighted by Gasteiger charge is -2.17. The van der Waals surface area contributed by atoms with Gasteiger partial charge < -0.3 is 10.5 Å². The van der Waals surface area contributed by atoms with Crippen LogP contribution in [-0.2, 0) is 4.74 Å². The first-order valence-corrected chi connectivity index (χ1v) is 7.86. The van der Waals surface area contributed by atoms with Crippen molar-refractivity contribution in [3.63, 3.8) is 0 Å². The van der Waals surface area contributed by atoms with E-state index in [1.807, 2.05) is 12.1 Å². The van der Waals surface area contributed by atoms with Gasteiger partial charge in [-0.2, -0.15) is 0 Å². The number of hydrogen-bond donors (Lipinski definition) is 1. The molecule has 0 amide bonds. The molecule has 0 radical (unpaired) electrons. The number of Topliss-reactive ketones (excluding diaryl/α,β-unsaturated/α-hetero) is 1. The Morgan fingerprint density at radius 2 is 1.36 bits per heavy atom. The van der Waals surface area contributed by atoms with Crippen LogP contribution in [0.3, 0.4) is 0 Å². The number of esters is 1. The molecular weight excluding hydrogens is 314 g/mol. The van der Waals surface area contributed by atoms with Crippen molar-refractivity contribution in [3.05, 3.63) is 102 Å². The predicted octanol–water partition coefficient (Wildman–Crippen LogP) is 4.05. The van der Waals surface area contributed by atoms with Gasteiger partial charge in [0, 0.05) is 16.8 Å². The average molecular weight is 331 g/mol. The summed E-state index contributed by atoms with van der Waals surface area (Å²) in [6.45, 7) is 0. The van der Waals surface area contributed by atoms with Crippen molar-refractivity contribution in [2.24, 2.45) is 0 Å². The quantitative estimate of drug-likeness (QED) is 0.435. The van der Waals surface area contributed by atoms with Gasteiger partial charge >= 0.3 is 5.97 Å². The molecule has 3 aromatic rings. The van der Waals surface area contributed by atoms with E-state index in [-0.39, 0.29) is 5.78 Å². The smallest absolute Gasteiger partial charge is 0.339 e. The molecule has 0 aliphatic heterocycles. The summed E-state index contributed by atoms with van der Waals surface area (Å²) in [4.78, 5) is 25.4. The van der Waals surface area contributed by atoms with E-state index in [0.29, 0.717) is 22.4 Å². The summed E-state index contributed by atoms with van der Waals surface area (Å²) < 4.78 is 5.55. The lowest BCUT2D eigenvalue weighted by molar-refractivity contribution is 0.0280. The van der Waals surface area contributed by atoms with Gasteiger partial charge in [-0.25, -0.2) is 4.79 Å². The van der Waals surface area contributed by atoms with Crippen LogP contribution in [0.1, 0.15) is 32.4 Å². The minimum atomic E-state index is -1.02. The highest BCUT2D eigenvalue weighted by atomic mass is 16.5. The van der Waals surface area contributed by atoms with Gasteiger partial charge in [-0.15, -0.1) is 0 Å². The van der Waals surface area contributed by atoms with Gasteiger partial charge in [0.2, 0.25) is 5.78 Å². The molecule has 0 heterocycles. The Balaban J connectivity index is 1.92. The Morgan fingerprint density at radius 1 is 0.760 bits per heavy atom. The average Bonchev–Trinajstić information content (AvgIpc) is 2.67. The molecule has 3 rings (SSSR count). The Kier molecular flexibility index (Phi) is 4.90. The number of carbonyl (C=O) groups excluding carboxylic acids is 2. The number of anilines is 1. The summed E-state index contributed by atoms with van der Waals surface area (Å²) in [7, 11) is 0. The highest BCUT2D eigenvalue weighted by Gasteiger charge is 2.26. The first kappa shape index (κ1) is 16.5. The number of ketones is 1. The highest BCUT2D eigenvalue weighted by molar-refractivity contribution is 6.02. The lowest BCUT2D eigenvalue weighted by Crippen LogP contribution is -2.20. The van der Waals surface area contributed by atoms with E-state index in [0.717, 1.165) is 0 Å². The van der Waals surface area contributed by atoms with Crippen molar-refractivity contribution in [2.75, 3.05) is 5.73 Å². The Morgan fingerprint density at radius 3 is 2.00 bits per heavy atom. The van der Waals surface area contributed by atoms with E-state index in [4.69, 9.17) is 10.5 Å². The molecule has 0 saturated carbocycles. The van der Waals surface area contributed by atoms with Gasteiger partial charge in [0.05, 0.1) is 5.56 Å². The zero-order chi connectivity index (χ0) is 17.6. The van der Waals surface area contributed by atoms with Gasteiger partial charge in [0.1, 0.15) is 0 Å². The number of rotatable bonds is 5. The van der Waals surface area contributed by atoms with Crippen LogP contribution >= 0.6 is 0 Å². The van der Waals surface area contributed by atoms with Gasteiger partial charge in [-0.05, 0) is 18.2 Å². The van der Waals surface area contributed by atoms with E-state index >= 15 is 0 Å². The fourth-order valence-electron chi connectivity index (χ4n) is 2.50. The van der Waals surface area contributed by atoms with Crippen molar-refractivity contribution in [1.29, 1.82) is 0 Å². The summed E-state index contributed by atoms with van der Waals surface area (Å²) in [5.41, 5.74) is 7.58. The summed E-state index contributed by atoms with van der Waals surface area (Å²) in [5, 5.41) is 0. The maximum absolute atomic E-state index is 12.9. The second-order valence-electron chi connectivity index (χ2n) is 5.55. The van der Waals surface area contributed by atoms with Crippen molar-refractivity contribution in [2.45, 2.75) is 6.10 Å². The zero-order valence-electron chi connectivity index (χ0n) is 13.5. The van der Waals surface area contributed by atoms with E-state index in [1.165, 1.54) is 6.07 Å². The van der Waals surface area contributed by atoms with E-state index in [1.54, 1.807) is 66.7 Å². The van der Waals surface area contributed by atoms with Crippen LogP contribution in [-0.4, -0.2) is 11.8 Å². The molecule has 0 bridgehead atoms. The molecule has 1 unspecified atom stereocenters. The molecule has 0 aliphatic rings. The minimum absolute atomic E-state index is 0.274. The summed E-state index contributed by atoms with van der Waals surface area (Å²) in [6, 6.07) is 24.2. The van der Waals surface area contributed by atoms with Crippen LogP contribution in [0, 0.1) is 0 Å². The van der Waals surface area contributed by atoms with Gasteiger partial charge in [-0.3, -0.25) is 4.79 Å². The number of nitrogens with two attached hydrogens (primary N) is 1. The number of carbonyl (C=O) groups is 2. The summed E-state index contributed by atoms with van der Waals surface area (Å²) in [6.07, 6.45) is -1.02. The Hall–Kier alpha value is -3.40. The van der Waals surface area contributed by atoms with Gasteiger partial charge in [0.15, 0.2) is 6.10 Å². The molecule has 3 aromatic carbocycles. The maximum Gasteiger partial charge on any atom is 0.339 e. The number of benzene rings is 3. The maximum atomic E-state index is 12.9. The molecule has 0 spiro atoms. The molecule has 0 fully saturated rings. The molecule has 0 saturated heterocycles. The Bertz CT molecular complexity index is 876. The molecule has 25 heavy (non-hydrogen) atoms. The monoisotopic (exact) mass is 331 g/mol. The molecule has 4 nitrogen and oxygen atoms in total. The topological polar surface area (TPSA) is 69.4 Å². The van der Waals surface area contributed by atoms with Crippen LogP contribution in [0.5, 0.6) is 0 Å². The summed E-state index contributed by atoms with van der Waals surface area (Å²) in [5.74, 6) is -0.866. The molecule has 124 valence electrons. The number of nitrogen functional groups attached to an aromatic ring is 1. The minimum Gasteiger partial charge on any atom is -0.445 e. The summed E-state index contributed by atoms with van der Waals surface area (Å²) >= 11 is 0. The van der Waals surface area contributed by atoms with Crippen LogP contribution in [0.4, 0.5) is 5.69 Å². The zero-order valence-corrected chi connectivity index (χ0v) is 13.5. The third-order valence-corrected chi connectivity index (χ3v) is 3.75. The SMILES string of the molecule is Nc1cccc(C(=O)OC(C(=O)c2ccccc2)c2ccccc2)c1. The first-order valence-electron chi connectivity index (χ1n) is 7.86. The molecule has 4 heteroatoms. The van der Waals surface area contributed by atoms with E-state index < -0.39 is 12.1 Å². The van der Waals surface area contributed by atoms with Crippen LogP contribution in [0.15, 0.2) is 84.9 Å². The lowest BCUT2D eigenvalue weighted by atomic mass is 10.00. The van der Waals surface area contributed by atoms with Crippen LogP contribution in [0.25, 0.3) is 0 Å². The predicted molar refractivity (Wildman–Crippen MR) is 96.2 cm³/mol. The fourth-order valence-corrected chi connectivity index (χ4v) is 2.50. The molecule has 1 atom stereocenters. The van der Waals surface area contributed by atoms with Crippen molar-refractivity contribution >= 4 is 17.4 Å². The normalized spacial score (nSPS) is 11.5. The first-order chi connectivity index (χ1) is 12.1. The second-order valence-corrected chi connectivity index (χ2v) is 5.55. The third kappa shape index (κ3) is 3.93. The van der Waals surface area contributed by atoms with E-state index in [9.17, 15) is 9.59 Å². The van der Waals surface area contributed by atoms with Crippen molar-refractivity contribution in [1.82, 2.24) is 0 Å². The standard InChI is InChI=1S/C21H17NO3/c22-18-13-7-12-17(14-18)21(24)25-20(16-10-5-2-6-11-16)19(23)15-8-3-1-4-9-15/h1-14,20H,22H2. The molecule has 2 N–H and O–H groups in total. The van der Waals surface area contributed by atoms with Crippen molar-refractivity contribution < 1.29 is 14.3 Å². The van der Waals surface area contributed by atoms with Crippen molar-refractivity contribution in [3.8, 4) is 0 Å².